The minimum absolute atomic E-state index is 0.0316. The second kappa shape index (κ2) is 10.2. The van der Waals surface area contributed by atoms with Crippen LogP contribution in [0.2, 0.25) is 5.02 Å². The minimum atomic E-state index is -0.577. The summed E-state index contributed by atoms with van der Waals surface area (Å²) in [6, 6.07) is 24.3. The summed E-state index contributed by atoms with van der Waals surface area (Å²) in [4.78, 5) is 0. The Bertz CT molecular complexity index is 1070. The molecule has 1 N–H and O–H groups in total. The molecular weight excluding hydrogens is 434 g/mol. The maximum absolute atomic E-state index is 6.45. The lowest BCUT2D eigenvalue weighted by Gasteiger charge is -2.45. The van der Waals surface area contributed by atoms with E-state index in [0.29, 0.717) is 11.6 Å². The molecule has 2 atom stereocenters. The lowest BCUT2D eigenvalue weighted by atomic mass is 9.87. The van der Waals surface area contributed by atoms with Crippen LogP contribution in [0.1, 0.15) is 50.5 Å². The third-order valence-corrected chi connectivity index (χ3v) is 6.15. The number of hydrogen-bond acceptors (Lipinski definition) is 4. The number of rotatable bonds is 8. The standard InChI is InChI=1S/C28H32ClNO3/c1-19(2)32-26-23-16-22(30-17-20-10-6-5-7-11-20)14-15-25(23)33-28(3,4)27(26)31-18-21-12-8-9-13-24(21)29/h5-16,19,26-27,30H,17-18H2,1-4H3. The maximum atomic E-state index is 6.45. The third kappa shape index (κ3) is 5.70. The summed E-state index contributed by atoms with van der Waals surface area (Å²) in [5.41, 5.74) is 3.60. The first-order valence-electron chi connectivity index (χ1n) is 11.4. The van der Waals surface area contributed by atoms with Gasteiger partial charge in [0.25, 0.3) is 0 Å². The van der Waals surface area contributed by atoms with Crippen LogP contribution < -0.4 is 10.1 Å². The topological polar surface area (TPSA) is 39.7 Å². The minimum Gasteiger partial charge on any atom is -0.485 e. The largest absolute Gasteiger partial charge is 0.485 e. The molecule has 0 saturated carbocycles. The molecule has 4 nitrogen and oxygen atoms in total. The van der Waals surface area contributed by atoms with E-state index >= 15 is 0 Å². The van der Waals surface area contributed by atoms with Gasteiger partial charge in [-0.3, -0.25) is 0 Å². The van der Waals surface area contributed by atoms with Gasteiger partial charge >= 0.3 is 0 Å². The van der Waals surface area contributed by atoms with Crippen LogP contribution in [-0.4, -0.2) is 17.8 Å². The molecule has 0 bridgehead atoms. The molecular formula is C28H32ClNO3. The van der Waals surface area contributed by atoms with Gasteiger partial charge in [0.1, 0.15) is 23.6 Å². The lowest BCUT2D eigenvalue weighted by Crippen LogP contribution is -2.51. The Morgan fingerprint density at radius 3 is 2.45 bits per heavy atom. The highest BCUT2D eigenvalue weighted by molar-refractivity contribution is 6.31. The Morgan fingerprint density at radius 1 is 1.00 bits per heavy atom. The maximum Gasteiger partial charge on any atom is 0.132 e. The van der Waals surface area contributed by atoms with Crippen molar-refractivity contribution in [2.45, 2.75) is 64.8 Å². The van der Waals surface area contributed by atoms with Crippen LogP contribution in [0.15, 0.2) is 72.8 Å². The van der Waals surface area contributed by atoms with E-state index in [1.54, 1.807) is 0 Å². The SMILES string of the molecule is CC(C)OC1c2cc(NCc3ccccc3)ccc2OC(C)(C)C1OCc1ccccc1Cl. The van der Waals surface area contributed by atoms with Crippen molar-refractivity contribution < 1.29 is 14.2 Å². The fraction of sp³-hybridized carbons (Fsp3) is 0.357. The van der Waals surface area contributed by atoms with Crippen LogP contribution in [0.3, 0.4) is 0 Å². The zero-order valence-electron chi connectivity index (χ0n) is 19.7. The molecule has 0 spiro atoms. The number of benzene rings is 3. The van der Waals surface area contributed by atoms with E-state index < -0.39 is 5.60 Å². The summed E-state index contributed by atoms with van der Waals surface area (Å²) in [6.07, 6.45) is -0.554. The number of anilines is 1. The quantitative estimate of drug-likeness (QED) is 0.382. The highest BCUT2D eigenvalue weighted by Crippen LogP contribution is 2.45. The van der Waals surface area contributed by atoms with E-state index in [-0.39, 0.29) is 18.3 Å². The monoisotopic (exact) mass is 465 g/mol. The van der Waals surface area contributed by atoms with Gasteiger partial charge in [0, 0.05) is 22.8 Å². The summed E-state index contributed by atoms with van der Waals surface area (Å²) in [5, 5.41) is 4.21. The predicted octanol–water partition coefficient (Wildman–Crippen LogP) is 7.17. The molecule has 33 heavy (non-hydrogen) atoms. The fourth-order valence-electron chi connectivity index (χ4n) is 4.16. The molecule has 0 aliphatic carbocycles. The predicted molar refractivity (Wildman–Crippen MR) is 134 cm³/mol. The van der Waals surface area contributed by atoms with E-state index in [4.69, 9.17) is 25.8 Å². The van der Waals surface area contributed by atoms with Gasteiger partial charge in [0.15, 0.2) is 0 Å². The van der Waals surface area contributed by atoms with Gasteiger partial charge in [-0.1, -0.05) is 60.1 Å². The Labute approximate surface area is 201 Å². The smallest absolute Gasteiger partial charge is 0.132 e. The van der Waals surface area contributed by atoms with Gasteiger partial charge in [-0.05, 0) is 63.1 Å². The van der Waals surface area contributed by atoms with Gasteiger partial charge in [0.2, 0.25) is 0 Å². The molecule has 3 aromatic rings. The Morgan fingerprint density at radius 2 is 1.73 bits per heavy atom. The molecule has 0 aromatic heterocycles. The molecule has 0 saturated heterocycles. The Hall–Kier alpha value is -2.53. The van der Waals surface area contributed by atoms with Crippen molar-refractivity contribution in [1.82, 2.24) is 0 Å². The number of nitrogens with one attached hydrogen (secondary N) is 1. The summed E-state index contributed by atoms with van der Waals surface area (Å²) in [7, 11) is 0. The normalized spacial score (nSPS) is 19.1. The molecule has 174 valence electrons. The molecule has 1 aliphatic rings. The number of halogens is 1. The zero-order valence-corrected chi connectivity index (χ0v) is 20.4. The number of fused-ring (bicyclic) bond motifs is 1. The summed E-state index contributed by atoms with van der Waals surface area (Å²) in [6.45, 7) is 9.32. The van der Waals surface area contributed by atoms with Crippen LogP contribution >= 0.6 is 11.6 Å². The summed E-state index contributed by atoms with van der Waals surface area (Å²) < 4.78 is 19.3. The van der Waals surface area contributed by atoms with Crippen molar-refractivity contribution in [1.29, 1.82) is 0 Å². The molecule has 0 amide bonds. The van der Waals surface area contributed by atoms with Gasteiger partial charge in [-0.25, -0.2) is 0 Å². The van der Waals surface area contributed by atoms with Gasteiger partial charge in [-0.2, -0.15) is 0 Å². The fourth-order valence-corrected chi connectivity index (χ4v) is 4.35. The highest BCUT2D eigenvalue weighted by Gasteiger charge is 2.46. The molecule has 4 rings (SSSR count). The molecule has 5 heteroatoms. The van der Waals surface area contributed by atoms with E-state index in [1.165, 1.54) is 5.56 Å². The molecule has 1 heterocycles. The second-order valence-corrected chi connectivity index (χ2v) is 9.63. The van der Waals surface area contributed by atoms with Crippen LogP contribution in [0.5, 0.6) is 5.75 Å². The summed E-state index contributed by atoms with van der Waals surface area (Å²) >= 11 is 6.37. The van der Waals surface area contributed by atoms with Gasteiger partial charge < -0.3 is 19.5 Å². The first kappa shape index (κ1) is 23.6. The lowest BCUT2D eigenvalue weighted by molar-refractivity contribution is -0.177. The van der Waals surface area contributed by atoms with Crippen LogP contribution in [0.25, 0.3) is 0 Å². The van der Waals surface area contributed by atoms with Gasteiger partial charge in [0.05, 0.1) is 12.7 Å². The van der Waals surface area contributed by atoms with Crippen molar-refractivity contribution in [3.05, 3.63) is 94.5 Å². The average Bonchev–Trinajstić information content (AvgIpc) is 2.78. The first-order chi connectivity index (χ1) is 15.8. The Balaban J connectivity index is 1.60. The second-order valence-electron chi connectivity index (χ2n) is 9.23. The summed E-state index contributed by atoms with van der Waals surface area (Å²) in [5.74, 6) is 0.827. The van der Waals surface area contributed by atoms with E-state index in [0.717, 1.165) is 29.1 Å². The van der Waals surface area contributed by atoms with Crippen LogP contribution in [-0.2, 0) is 22.6 Å². The first-order valence-corrected chi connectivity index (χ1v) is 11.8. The highest BCUT2D eigenvalue weighted by atomic mass is 35.5. The van der Waals surface area contributed by atoms with E-state index in [9.17, 15) is 0 Å². The van der Waals surface area contributed by atoms with Crippen LogP contribution in [0, 0.1) is 0 Å². The average molecular weight is 466 g/mol. The molecule has 2 unspecified atom stereocenters. The van der Waals surface area contributed by atoms with Crippen molar-refractivity contribution in [2.75, 3.05) is 5.32 Å². The van der Waals surface area contributed by atoms with Gasteiger partial charge in [-0.15, -0.1) is 0 Å². The van der Waals surface area contributed by atoms with E-state index in [1.807, 2.05) is 76.2 Å². The van der Waals surface area contributed by atoms with Crippen LogP contribution in [0.4, 0.5) is 5.69 Å². The Kier molecular flexibility index (Phi) is 7.28. The number of hydrogen-bond donors (Lipinski definition) is 1. The molecule has 0 fully saturated rings. The van der Waals surface area contributed by atoms with Crippen molar-refractivity contribution in [3.63, 3.8) is 0 Å². The molecule has 3 aromatic carbocycles. The molecule has 0 radical (unpaired) electrons. The van der Waals surface area contributed by atoms with Crippen molar-refractivity contribution in [3.8, 4) is 5.75 Å². The zero-order chi connectivity index (χ0) is 23.4. The third-order valence-electron chi connectivity index (χ3n) is 5.78. The van der Waals surface area contributed by atoms with E-state index in [2.05, 4.69) is 29.6 Å². The molecule has 1 aliphatic heterocycles. The van der Waals surface area contributed by atoms with Crippen molar-refractivity contribution >= 4 is 17.3 Å². The number of ether oxygens (including phenoxy) is 3. The van der Waals surface area contributed by atoms with Crippen molar-refractivity contribution in [2.24, 2.45) is 0 Å².